The summed E-state index contributed by atoms with van der Waals surface area (Å²) in [5.74, 6) is 0.290. The number of rotatable bonds is 5. The third kappa shape index (κ3) is 5.60. The smallest absolute Gasteiger partial charge is 0.417 e. The minimum atomic E-state index is -4.60. The highest BCUT2D eigenvalue weighted by atomic mass is 35.5. The second-order valence-electron chi connectivity index (χ2n) is 9.81. The molecule has 0 unspecified atom stereocenters. The van der Waals surface area contributed by atoms with Crippen molar-refractivity contribution >= 4 is 51.1 Å². The van der Waals surface area contributed by atoms with Gasteiger partial charge in [0, 0.05) is 43.2 Å². The Balaban J connectivity index is 1.60. The number of benzene rings is 3. The number of sulfonamides is 1. The number of hydrogen-bond donors (Lipinski definition) is 0. The second kappa shape index (κ2) is 10.9. The van der Waals surface area contributed by atoms with Crippen LogP contribution >= 0.6 is 11.6 Å². The van der Waals surface area contributed by atoms with Crippen LogP contribution in [0.4, 0.5) is 24.5 Å². The topological polar surface area (TPSA) is 70.2 Å². The number of amides is 1. The molecule has 1 saturated heterocycles. The summed E-state index contributed by atoms with van der Waals surface area (Å²) in [4.78, 5) is 15.9. The maximum absolute atomic E-state index is 14.0. The number of halogens is 4. The molecule has 0 spiro atoms. The third-order valence-corrected chi connectivity index (χ3v) is 9.42. The molecule has 0 bridgehead atoms. The molecule has 216 valence electrons. The van der Waals surface area contributed by atoms with Gasteiger partial charge in [0.05, 0.1) is 41.5 Å². The summed E-state index contributed by atoms with van der Waals surface area (Å²) in [6.07, 6.45) is -1.84. The molecule has 2 heterocycles. The van der Waals surface area contributed by atoms with E-state index < -0.39 is 21.8 Å². The van der Waals surface area contributed by atoms with E-state index in [2.05, 4.69) is 4.90 Å². The van der Waals surface area contributed by atoms with Gasteiger partial charge in [-0.05, 0) is 42.0 Å². The van der Waals surface area contributed by atoms with Gasteiger partial charge < -0.3 is 14.5 Å². The molecule has 0 radical (unpaired) electrons. The highest BCUT2D eigenvalue weighted by molar-refractivity contribution is 7.92. The van der Waals surface area contributed by atoms with Crippen LogP contribution in [0, 0.1) is 0 Å². The zero-order valence-electron chi connectivity index (χ0n) is 22.2. The summed E-state index contributed by atoms with van der Waals surface area (Å²) in [6, 6.07) is 14.5. The van der Waals surface area contributed by atoms with Crippen molar-refractivity contribution in [2.24, 2.45) is 0 Å². The van der Waals surface area contributed by atoms with Crippen molar-refractivity contribution in [2.45, 2.75) is 24.0 Å². The minimum Gasteiger partial charge on any atom is -0.497 e. The van der Waals surface area contributed by atoms with Gasteiger partial charge >= 0.3 is 6.18 Å². The molecule has 12 heteroatoms. The lowest BCUT2D eigenvalue weighted by molar-refractivity contribution is -0.137. The van der Waals surface area contributed by atoms with Crippen molar-refractivity contribution in [3.8, 4) is 5.75 Å². The number of ether oxygens (including phenoxy) is 1. The zero-order valence-corrected chi connectivity index (χ0v) is 23.8. The summed E-state index contributed by atoms with van der Waals surface area (Å²) in [6.45, 7) is 2.91. The summed E-state index contributed by atoms with van der Waals surface area (Å²) in [7, 11) is -2.64. The number of carbonyl (C=O) groups is 1. The SMILES string of the molecule is COc1cccc(S(=O)(=O)N2C[C@@H]3CN(C(C)=O)CCN3c3ccc(/C=C/c4c(Cl)cccc4C(F)(F)F)cc32)c1. The molecule has 3 aromatic carbocycles. The molecule has 2 aliphatic heterocycles. The second-order valence-corrected chi connectivity index (χ2v) is 12.1. The monoisotopic (exact) mass is 605 g/mol. The van der Waals surface area contributed by atoms with Gasteiger partial charge in [-0.3, -0.25) is 9.10 Å². The van der Waals surface area contributed by atoms with Crippen molar-refractivity contribution in [2.75, 3.05) is 42.5 Å². The molecule has 5 rings (SSSR count). The van der Waals surface area contributed by atoms with E-state index in [-0.39, 0.29) is 34.0 Å². The fraction of sp³-hybridized carbons (Fsp3) is 0.276. The van der Waals surface area contributed by atoms with Crippen LogP contribution in [0.25, 0.3) is 12.2 Å². The molecule has 7 nitrogen and oxygen atoms in total. The zero-order chi connectivity index (χ0) is 29.5. The van der Waals surface area contributed by atoms with E-state index in [1.807, 2.05) is 0 Å². The quantitative estimate of drug-likeness (QED) is 0.345. The van der Waals surface area contributed by atoms with Gasteiger partial charge in [0.25, 0.3) is 10.0 Å². The Hall–Kier alpha value is -3.70. The van der Waals surface area contributed by atoms with Crippen LogP contribution in [0.5, 0.6) is 5.75 Å². The first kappa shape index (κ1) is 28.8. The molecule has 3 aromatic rings. The van der Waals surface area contributed by atoms with Crippen LogP contribution in [-0.4, -0.2) is 58.6 Å². The van der Waals surface area contributed by atoms with Crippen LogP contribution in [0.1, 0.15) is 23.6 Å². The average Bonchev–Trinajstić information content (AvgIpc) is 2.94. The highest BCUT2D eigenvalue weighted by Gasteiger charge is 2.40. The van der Waals surface area contributed by atoms with E-state index in [9.17, 15) is 26.4 Å². The molecule has 1 fully saturated rings. The van der Waals surface area contributed by atoms with E-state index in [1.54, 1.807) is 35.2 Å². The Kier molecular flexibility index (Phi) is 7.69. The lowest BCUT2D eigenvalue weighted by Crippen LogP contribution is -2.61. The van der Waals surface area contributed by atoms with Crippen LogP contribution < -0.4 is 13.9 Å². The Labute approximate surface area is 241 Å². The normalized spacial score (nSPS) is 17.4. The molecule has 1 atom stereocenters. The van der Waals surface area contributed by atoms with Crippen molar-refractivity contribution in [1.82, 2.24) is 4.90 Å². The van der Waals surface area contributed by atoms with Gasteiger partial charge in [-0.1, -0.05) is 42.0 Å². The van der Waals surface area contributed by atoms with E-state index >= 15 is 0 Å². The van der Waals surface area contributed by atoms with Crippen molar-refractivity contribution < 1.29 is 31.1 Å². The maximum atomic E-state index is 14.0. The lowest BCUT2D eigenvalue weighted by Gasteiger charge is -2.49. The van der Waals surface area contributed by atoms with Crippen LogP contribution in [0.3, 0.4) is 0 Å². The average molecular weight is 606 g/mol. The number of nitrogens with zero attached hydrogens (tertiary/aromatic N) is 3. The fourth-order valence-corrected chi connectivity index (χ4v) is 7.02. The maximum Gasteiger partial charge on any atom is 0.417 e. The minimum absolute atomic E-state index is 0.0299. The van der Waals surface area contributed by atoms with Gasteiger partial charge in [-0.2, -0.15) is 13.2 Å². The predicted octanol–water partition coefficient (Wildman–Crippen LogP) is 5.78. The first-order valence-electron chi connectivity index (χ1n) is 12.8. The van der Waals surface area contributed by atoms with E-state index in [4.69, 9.17) is 16.3 Å². The van der Waals surface area contributed by atoms with Gasteiger partial charge in [0.1, 0.15) is 5.75 Å². The molecule has 0 aliphatic carbocycles. The number of carbonyl (C=O) groups excluding carboxylic acids is 1. The summed E-state index contributed by atoms with van der Waals surface area (Å²) < 4.78 is 75.4. The van der Waals surface area contributed by atoms with Crippen molar-refractivity contribution in [1.29, 1.82) is 0 Å². The number of piperazine rings is 1. The van der Waals surface area contributed by atoms with Crippen LogP contribution in [-0.2, 0) is 21.0 Å². The Morgan fingerprint density at radius 3 is 2.46 bits per heavy atom. The lowest BCUT2D eigenvalue weighted by atomic mass is 10.0. The Bertz CT molecular complexity index is 1630. The molecule has 0 saturated carbocycles. The molecular formula is C29H27ClF3N3O4S. The highest BCUT2D eigenvalue weighted by Crippen LogP contribution is 2.41. The molecule has 0 N–H and O–H groups in total. The van der Waals surface area contributed by atoms with Crippen molar-refractivity contribution in [3.05, 3.63) is 82.4 Å². The van der Waals surface area contributed by atoms with Gasteiger partial charge in [-0.15, -0.1) is 0 Å². The summed E-state index contributed by atoms with van der Waals surface area (Å²) >= 11 is 6.12. The van der Waals surface area contributed by atoms with Crippen molar-refractivity contribution in [3.63, 3.8) is 0 Å². The standard InChI is InChI=1S/C29H27ClF3N3O4S/c1-19(37)34-13-14-35-21(17-34)18-36(41(38,39)23-6-3-5-22(16-23)40-2)28-15-20(10-12-27(28)35)9-11-24-25(29(31,32)33)7-4-8-26(24)30/h3-12,15-16,21H,13-14,17-18H2,1-2H3/b11-9+/t21-/m0/s1. The van der Waals surface area contributed by atoms with Crippen LogP contribution in [0.2, 0.25) is 5.02 Å². The number of methoxy groups -OCH3 is 1. The first-order valence-corrected chi connectivity index (χ1v) is 14.6. The molecule has 2 aliphatic rings. The number of fused-ring (bicyclic) bond motifs is 3. The first-order chi connectivity index (χ1) is 19.4. The van der Waals surface area contributed by atoms with Gasteiger partial charge in [0.15, 0.2) is 0 Å². The molecular weight excluding hydrogens is 579 g/mol. The van der Waals surface area contributed by atoms with E-state index in [0.29, 0.717) is 42.3 Å². The number of hydrogen-bond acceptors (Lipinski definition) is 5. The molecule has 41 heavy (non-hydrogen) atoms. The van der Waals surface area contributed by atoms with E-state index in [0.717, 1.165) is 6.07 Å². The van der Waals surface area contributed by atoms with Crippen LogP contribution in [0.15, 0.2) is 65.6 Å². The Morgan fingerprint density at radius 2 is 1.76 bits per heavy atom. The largest absolute Gasteiger partial charge is 0.497 e. The predicted molar refractivity (Wildman–Crippen MR) is 153 cm³/mol. The summed E-state index contributed by atoms with van der Waals surface area (Å²) in [5.41, 5.74) is 0.483. The summed E-state index contributed by atoms with van der Waals surface area (Å²) in [5, 5.41) is -0.0533. The Morgan fingerprint density at radius 1 is 1.00 bits per heavy atom. The van der Waals surface area contributed by atoms with E-state index in [1.165, 1.54) is 54.8 Å². The fourth-order valence-electron chi connectivity index (χ4n) is 5.24. The molecule has 1 amide bonds. The number of alkyl halides is 3. The third-order valence-electron chi connectivity index (χ3n) is 7.31. The van der Waals surface area contributed by atoms with Gasteiger partial charge in [-0.25, -0.2) is 8.42 Å². The molecule has 0 aromatic heterocycles. The van der Waals surface area contributed by atoms with Gasteiger partial charge in [0.2, 0.25) is 5.91 Å². The number of anilines is 2.